The van der Waals surface area contributed by atoms with Gasteiger partial charge in [-0.25, -0.2) is 18.4 Å². The van der Waals surface area contributed by atoms with E-state index in [-0.39, 0.29) is 15.6 Å². The molecule has 8 heteroatoms. The summed E-state index contributed by atoms with van der Waals surface area (Å²) in [6.07, 6.45) is 7.38. The summed E-state index contributed by atoms with van der Waals surface area (Å²) in [6.45, 7) is 1.80. The highest BCUT2D eigenvalue weighted by molar-refractivity contribution is 7.91. The lowest BCUT2D eigenvalue weighted by atomic mass is 10.0. The van der Waals surface area contributed by atoms with Crippen molar-refractivity contribution in [1.82, 2.24) is 14.4 Å². The van der Waals surface area contributed by atoms with E-state index in [0.717, 1.165) is 11.1 Å². The van der Waals surface area contributed by atoms with Crippen LogP contribution in [0.1, 0.15) is 27.9 Å². The molecule has 0 atom stereocenters. The number of hydrogen-bond donors (Lipinski definition) is 0. The molecule has 4 aromatic rings. The molecule has 30 heavy (non-hydrogen) atoms. The lowest BCUT2D eigenvalue weighted by molar-refractivity contribution is 0.0982. The summed E-state index contributed by atoms with van der Waals surface area (Å²) in [7, 11) is -3.66. The molecule has 2 aromatic heterocycles. The number of Topliss-reactive ketones (excluding diaryl/α,β-unsaturated/α-hetero) is 1. The van der Waals surface area contributed by atoms with E-state index in [0.29, 0.717) is 29.2 Å². The highest BCUT2D eigenvalue weighted by atomic mass is 35.5. The maximum Gasteiger partial charge on any atom is 0.233 e. The van der Waals surface area contributed by atoms with Crippen molar-refractivity contribution in [2.45, 2.75) is 29.6 Å². The van der Waals surface area contributed by atoms with Crippen molar-refractivity contribution in [3.63, 3.8) is 0 Å². The topological polar surface area (TPSA) is 81.4 Å². The minimum Gasteiger partial charge on any atom is -0.294 e. The van der Waals surface area contributed by atoms with Crippen LogP contribution >= 0.6 is 11.6 Å². The third kappa shape index (κ3) is 4.13. The third-order valence-corrected chi connectivity index (χ3v) is 6.74. The van der Waals surface area contributed by atoms with Gasteiger partial charge in [-0.1, -0.05) is 23.7 Å². The van der Waals surface area contributed by atoms with E-state index >= 15 is 0 Å². The molecular formula is C22H18ClN3O3S. The first-order chi connectivity index (χ1) is 14.3. The highest BCUT2D eigenvalue weighted by Gasteiger charge is 2.18. The highest BCUT2D eigenvalue weighted by Crippen LogP contribution is 2.25. The van der Waals surface area contributed by atoms with Crippen LogP contribution in [0.4, 0.5) is 0 Å². The molecule has 0 saturated heterocycles. The van der Waals surface area contributed by atoms with Gasteiger partial charge in [0.15, 0.2) is 5.78 Å². The number of nitrogens with zero attached hydrogens (tertiary/aromatic N) is 3. The van der Waals surface area contributed by atoms with Crippen molar-refractivity contribution in [2.75, 3.05) is 0 Å². The number of ketones is 1. The number of carbonyl (C=O) groups excluding carboxylic acids is 1. The number of halogens is 1. The standard InChI is InChI=1S/C22H18ClN3O3S/c1-15-10-18(23)12-20(11-15)30(28,29)19-5-2-16(3-6-19)4-7-21(27)17-13-25-22-24-8-9-26(22)14-17/h2-3,5-6,8-14H,4,7H2,1H3. The molecule has 6 nitrogen and oxygen atoms in total. The molecule has 0 aliphatic rings. The summed E-state index contributed by atoms with van der Waals surface area (Å²) < 4.78 is 27.4. The normalized spacial score (nSPS) is 11.7. The molecule has 0 aliphatic carbocycles. The number of fused-ring (bicyclic) bond motifs is 1. The molecule has 0 unspecified atom stereocenters. The monoisotopic (exact) mass is 439 g/mol. The smallest absolute Gasteiger partial charge is 0.233 e. The average Bonchev–Trinajstić information content (AvgIpc) is 3.19. The Bertz CT molecular complexity index is 1330. The Kier molecular flexibility index (Phi) is 5.40. The van der Waals surface area contributed by atoms with Crippen molar-refractivity contribution < 1.29 is 13.2 Å². The van der Waals surface area contributed by atoms with Crippen LogP contribution in [0.15, 0.2) is 77.0 Å². The van der Waals surface area contributed by atoms with Crippen molar-refractivity contribution in [2.24, 2.45) is 0 Å². The Balaban J connectivity index is 1.47. The van der Waals surface area contributed by atoms with Crippen LogP contribution in [0.5, 0.6) is 0 Å². The van der Waals surface area contributed by atoms with Gasteiger partial charge in [-0.05, 0) is 54.8 Å². The lowest BCUT2D eigenvalue weighted by Gasteiger charge is -2.08. The van der Waals surface area contributed by atoms with E-state index in [1.54, 1.807) is 66.3 Å². The largest absolute Gasteiger partial charge is 0.294 e. The minimum absolute atomic E-state index is 0.0378. The van der Waals surface area contributed by atoms with Gasteiger partial charge in [-0.15, -0.1) is 0 Å². The molecule has 0 saturated carbocycles. The van der Waals surface area contributed by atoms with E-state index in [1.807, 2.05) is 0 Å². The average molecular weight is 440 g/mol. The summed E-state index contributed by atoms with van der Waals surface area (Å²) in [6, 6.07) is 11.3. The van der Waals surface area contributed by atoms with Crippen LogP contribution in [0.25, 0.3) is 5.78 Å². The maximum atomic E-state index is 12.9. The van der Waals surface area contributed by atoms with Gasteiger partial charge in [0.05, 0.1) is 15.4 Å². The zero-order valence-corrected chi connectivity index (χ0v) is 17.7. The number of aromatic nitrogens is 3. The van der Waals surface area contributed by atoms with Crippen LogP contribution in [0, 0.1) is 6.92 Å². The van der Waals surface area contributed by atoms with Gasteiger partial charge in [-0.3, -0.25) is 9.20 Å². The first-order valence-corrected chi connectivity index (χ1v) is 11.1. The summed E-state index contributed by atoms with van der Waals surface area (Å²) in [5.74, 6) is 0.502. The second kappa shape index (κ2) is 8.01. The first-order valence-electron chi connectivity index (χ1n) is 9.26. The molecular weight excluding hydrogens is 422 g/mol. The van der Waals surface area contributed by atoms with Crippen LogP contribution in [-0.4, -0.2) is 28.6 Å². The zero-order valence-electron chi connectivity index (χ0n) is 16.1. The van der Waals surface area contributed by atoms with Gasteiger partial charge in [0.2, 0.25) is 15.6 Å². The third-order valence-electron chi connectivity index (χ3n) is 4.77. The molecule has 2 heterocycles. The summed E-state index contributed by atoms with van der Waals surface area (Å²) in [5, 5.41) is 0.382. The molecule has 0 fully saturated rings. The second-order valence-electron chi connectivity index (χ2n) is 7.01. The number of sulfone groups is 1. The molecule has 152 valence electrons. The molecule has 4 rings (SSSR count). The van der Waals surface area contributed by atoms with Crippen molar-refractivity contribution >= 4 is 33.0 Å². The Morgan fingerprint density at radius 1 is 1.07 bits per heavy atom. The Hall–Kier alpha value is -3.03. The number of imidazole rings is 1. The zero-order chi connectivity index (χ0) is 21.3. The van der Waals surface area contributed by atoms with Crippen LogP contribution in [0.3, 0.4) is 0 Å². The Morgan fingerprint density at radius 2 is 1.83 bits per heavy atom. The lowest BCUT2D eigenvalue weighted by Crippen LogP contribution is -2.05. The molecule has 0 spiro atoms. The van der Waals surface area contributed by atoms with Crippen LogP contribution in [0.2, 0.25) is 5.02 Å². The maximum absolute atomic E-state index is 12.9. The Morgan fingerprint density at radius 3 is 2.57 bits per heavy atom. The van der Waals surface area contributed by atoms with Gasteiger partial charge in [0.25, 0.3) is 0 Å². The van der Waals surface area contributed by atoms with E-state index in [4.69, 9.17) is 11.6 Å². The number of carbonyl (C=O) groups is 1. The molecule has 2 aromatic carbocycles. The van der Waals surface area contributed by atoms with Crippen LogP contribution in [-0.2, 0) is 16.3 Å². The fourth-order valence-corrected chi connectivity index (χ4v) is 4.94. The SMILES string of the molecule is Cc1cc(Cl)cc(S(=O)(=O)c2ccc(CCC(=O)c3cnc4nccn4c3)cc2)c1. The van der Waals surface area contributed by atoms with Crippen molar-refractivity contribution in [3.8, 4) is 0 Å². The second-order valence-corrected chi connectivity index (χ2v) is 9.40. The number of rotatable bonds is 6. The van der Waals surface area contributed by atoms with Gasteiger partial charge >= 0.3 is 0 Å². The summed E-state index contributed by atoms with van der Waals surface area (Å²) >= 11 is 6.01. The van der Waals surface area contributed by atoms with E-state index in [2.05, 4.69) is 9.97 Å². The number of aryl methyl sites for hydroxylation is 2. The van der Waals surface area contributed by atoms with E-state index < -0.39 is 9.84 Å². The van der Waals surface area contributed by atoms with Gasteiger partial charge in [-0.2, -0.15) is 0 Å². The first kappa shape index (κ1) is 20.3. The molecule has 0 N–H and O–H groups in total. The number of hydrogen-bond acceptors (Lipinski definition) is 5. The summed E-state index contributed by atoms with van der Waals surface area (Å²) in [4.78, 5) is 21.0. The van der Waals surface area contributed by atoms with E-state index in [1.165, 1.54) is 12.3 Å². The summed E-state index contributed by atoms with van der Waals surface area (Å²) in [5.41, 5.74) is 2.16. The van der Waals surface area contributed by atoms with Gasteiger partial charge < -0.3 is 0 Å². The number of benzene rings is 2. The van der Waals surface area contributed by atoms with Crippen molar-refractivity contribution in [3.05, 3.63) is 89.0 Å². The van der Waals surface area contributed by atoms with Gasteiger partial charge in [0, 0.05) is 36.2 Å². The van der Waals surface area contributed by atoms with E-state index in [9.17, 15) is 13.2 Å². The molecule has 0 bridgehead atoms. The minimum atomic E-state index is -3.66. The molecule has 0 amide bonds. The predicted octanol–water partition coefficient (Wildman–Crippen LogP) is 4.34. The fourth-order valence-electron chi connectivity index (χ4n) is 3.19. The van der Waals surface area contributed by atoms with Gasteiger partial charge in [0.1, 0.15) is 0 Å². The Labute approximate surface area is 179 Å². The fraction of sp³-hybridized carbons (Fsp3) is 0.136. The van der Waals surface area contributed by atoms with Crippen LogP contribution < -0.4 is 0 Å². The molecule has 0 aliphatic heterocycles. The quantitative estimate of drug-likeness (QED) is 0.417. The predicted molar refractivity (Wildman–Crippen MR) is 114 cm³/mol. The van der Waals surface area contributed by atoms with Crippen molar-refractivity contribution in [1.29, 1.82) is 0 Å². The molecule has 0 radical (unpaired) electrons.